The highest BCUT2D eigenvalue weighted by Crippen LogP contribution is 2.25. The van der Waals surface area contributed by atoms with Crippen LogP contribution in [0.1, 0.15) is 12.5 Å². The van der Waals surface area contributed by atoms with Crippen molar-refractivity contribution < 1.29 is 9.50 Å². The lowest BCUT2D eigenvalue weighted by molar-refractivity contribution is 0.434. The van der Waals surface area contributed by atoms with Crippen LogP contribution in [0.4, 0.5) is 10.1 Å². The molecular formula is C8H10FNO. The van der Waals surface area contributed by atoms with Crippen molar-refractivity contribution in [3.05, 3.63) is 23.5 Å². The van der Waals surface area contributed by atoms with Crippen molar-refractivity contribution in [3.8, 4) is 5.75 Å². The summed E-state index contributed by atoms with van der Waals surface area (Å²) in [5.74, 6) is -1.11. The van der Waals surface area contributed by atoms with Crippen LogP contribution in [0.3, 0.4) is 0 Å². The summed E-state index contributed by atoms with van der Waals surface area (Å²) >= 11 is 0. The molecule has 0 spiro atoms. The van der Waals surface area contributed by atoms with Crippen LogP contribution >= 0.6 is 0 Å². The molecule has 0 bridgehead atoms. The Hall–Kier alpha value is -1.25. The van der Waals surface area contributed by atoms with Crippen molar-refractivity contribution in [1.29, 1.82) is 0 Å². The fourth-order valence-corrected chi connectivity index (χ4v) is 0.883. The minimum absolute atomic E-state index is 0.0989. The first-order chi connectivity index (χ1) is 5.15. The molecule has 0 radical (unpaired) electrons. The van der Waals surface area contributed by atoms with E-state index in [2.05, 4.69) is 0 Å². The third kappa shape index (κ3) is 1.42. The van der Waals surface area contributed by atoms with Crippen LogP contribution in [-0.2, 0) is 6.42 Å². The average molecular weight is 155 g/mol. The SMILES string of the molecule is CCc1cc(N)c(O)c(F)c1. The summed E-state index contributed by atoms with van der Waals surface area (Å²) in [5.41, 5.74) is 6.20. The van der Waals surface area contributed by atoms with Crippen LogP contribution < -0.4 is 5.73 Å². The number of hydrogen-bond acceptors (Lipinski definition) is 2. The van der Waals surface area contributed by atoms with Gasteiger partial charge in [0.15, 0.2) is 11.6 Å². The van der Waals surface area contributed by atoms with E-state index in [1.165, 1.54) is 6.07 Å². The molecule has 0 fully saturated rings. The van der Waals surface area contributed by atoms with E-state index in [1.54, 1.807) is 6.07 Å². The molecule has 0 aliphatic rings. The Morgan fingerprint density at radius 2 is 2.18 bits per heavy atom. The van der Waals surface area contributed by atoms with Gasteiger partial charge in [-0.25, -0.2) is 4.39 Å². The number of nitrogens with two attached hydrogens (primary N) is 1. The Morgan fingerprint density at radius 3 is 2.64 bits per heavy atom. The number of benzene rings is 1. The number of halogens is 1. The fraction of sp³-hybridized carbons (Fsp3) is 0.250. The molecule has 11 heavy (non-hydrogen) atoms. The van der Waals surface area contributed by atoms with Gasteiger partial charge >= 0.3 is 0 Å². The van der Waals surface area contributed by atoms with Gasteiger partial charge in [0.2, 0.25) is 0 Å². The van der Waals surface area contributed by atoms with E-state index in [1.807, 2.05) is 6.92 Å². The van der Waals surface area contributed by atoms with E-state index in [0.29, 0.717) is 6.42 Å². The quantitative estimate of drug-likeness (QED) is 0.478. The lowest BCUT2D eigenvalue weighted by atomic mass is 10.1. The zero-order valence-corrected chi connectivity index (χ0v) is 6.26. The van der Waals surface area contributed by atoms with Gasteiger partial charge in [-0.15, -0.1) is 0 Å². The van der Waals surface area contributed by atoms with Gasteiger partial charge in [-0.2, -0.15) is 0 Å². The monoisotopic (exact) mass is 155 g/mol. The van der Waals surface area contributed by atoms with Gasteiger partial charge in [0.25, 0.3) is 0 Å². The van der Waals surface area contributed by atoms with Crippen molar-refractivity contribution in [2.45, 2.75) is 13.3 Å². The molecule has 0 saturated carbocycles. The first kappa shape index (κ1) is 7.85. The summed E-state index contributed by atoms with van der Waals surface area (Å²) in [6, 6.07) is 2.85. The normalized spacial score (nSPS) is 10.0. The van der Waals surface area contributed by atoms with E-state index in [9.17, 15) is 4.39 Å². The molecule has 0 aromatic heterocycles. The summed E-state index contributed by atoms with van der Waals surface area (Å²) in [4.78, 5) is 0. The molecule has 0 aliphatic carbocycles. The zero-order chi connectivity index (χ0) is 8.43. The number of aryl methyl sites for hydroxylation is 1. The Balaban J connectivity index is 3.21. The Kier molecular flexibility index (Phi) is 1.98. The summed E-state index contributed by atoms with van der Waals surface area (Å²) in [7, 11) is 0. The molecular weight excluding hydrogens is 145 g/mol. The maximum absolute atomic E-state index is 12.7. The van der Waals surface area contributed by atoms with Gasteiger partial charge in [-0.05, 0) is 24.1 Å². The third-order valence-corrected chi connectivity index (χ3v) is 1.56. The molecule has 1 aromatic rings. The van der Waals surface area contributed by atoms with Gasteiger partial charge in [-0.1, -0.05) is 6.92 Å². The van der Waals surface area contributed by atoms with E-state index in [0.717, 1.165) is 5.56 Å². The molecule has 0 heterocycles. The first-order valence-electron chi connectivity index (χ1n) is 3.42. The van der Waals surface area contributed by atoms with Crippen molar-refractivity contribution >= 4 is 5.69 Å². The Bertz CT molecular complexity index is 250. The molecule has 3 heteroatoms. The summed E-state index contributed by atoms with van der Waals surface area (Å²) < 4.78 is 12.7. The highest BCUT2D eigenvalue weighted by Gasteiger charge is 2.05. The van der Waals surface area contributed by atoms with E-state index < -0.39 is 11.6 Å². The second-order valence-corrected chi connectivity index (χ2v) is 2.37. The fourth-order valence-electron chi connectivity index (χ4n) is 0.883. The molecule has 0 unspecified atom stereocenters. The summed E-state index contributed by atoms with van der Waals surface area (Å²) in [5, 5.41) is 8.93. The van der Waals surface area contributed by atoms with Crippen LogP contribution in [0.15, 0.2) is 12.1 Å². The number of phenols is 1. The van der Waals surface area contributed by atoms with Gasteiger partial charge in [-0.3, -0.25) is 0 Å². The van der Waals surface area contributed by atoms with Crippen LogP contribution in [0.25, 0.3) is 0 Å². The molecule has 0 atom stereocenters. The standard InChI is InChI=1S/C8H10FNO/c1-2-5-3-6(9)8(11)7(10)4-5/h3-4,11H,2,10H2,1H3. The number of phenolic OH excluding ortho intramolecular Hbond substituents is 1. The topological polar surface area (TPSA) is 46.2 Å². The summed E-state index contributed by atoms with van der Waals surface area (Å²) in [6.07, 6.45) is 0.710. The number of rotatable bonds is 1. The maximum atomic E-state index is 12.7. The van der Waals surface area contributed by atoms with E-state index in [4.69, 9.17) is 10.8 Å². The van der Waals surface area contributed by atoms with Crippen molar-refractivity contribution in [1.82, 2.24) is 0 Å². The van der Waals surface area contributed by atoms with Gasteiger partial charge in [0.1, 0.15) is 0 Å². The van der Waals surface area contributed by atoms with Crippen molar-refractivity contribution in [2.75, 3.05) is 5.73 Å². The number of hydrogen-bond donors (Lipinski definition) is 2. The number of nitrogen functional groups attached to an aromatic ring is 1. The molecule has 1 rings (SSSR count). The summed E-state index contributed by atoms with van der Waals surface area (Å²) in [6.45, 7) is 1.89. The van der Waals surface area contributed by atoms with Crippen LogP contribution in [0.2, 0.25) is 0 Å². The van der Waals surface area contributed by atoms with Crippen LogP contribution in [0, 0.1) is 5.82 Å². The largest absolute Gasteiger partial charge is 0.503 e. The molecule has 60 valence electrons. The van der Waals surface area contributed by atoms with Gasteiger partial charge < -0.3 is 10.8 Å². The maximum Gasteiger partial charge on any atom is 0.174 e. The predicted molar refractivity (Wildman–Crippen MR) is 41.9 cm³/mol. The number of aromatic hydroxyl groups is 1. The van der Waals surface area contributed by atoms with E-state index >= 15 is 0 Å². The van der Waals surface area contributed by atoms with Gasteiger partial charge in [0, 0.05) is 0 Å². The molecule has 0 saturated heterocycles. The molecule has 3 N–H and O–H groups in total. The predicted octanol–water partition coefficient (Wildman–Crippen LogP) is 1.68. The highest BCUT2D eigenvalue weighted by molar-refractivity contribution is 5.54. The molecule has 0 amide bonds. The zero-order valence-electron chi connectivity index (χ0n) is 6.26. The smallest absolute Gasteiger partial charge is 0.174 e. The van der Waals surface area contributed by atoms with Crippen molar-refractivity contribution in [3.63, 3.8) is 0 Å². The minimum atomic E-state index is -0.651. The second-order valence-electron chi connectivity index (χ2n) is 2.37. The van der Waals surface area contributed by atoms with Crippen LogP contribution in [0.5, 0.6) is 5.75 Å². The lowest BCUT2D eigenvalue weighted by Crippen LogP contribution is -1.91. The molecule has 1 aromatic carbocycles. The Morgan fingerprint density at radius 1 is 1.55 bits per heavy atom. The average Bonchev–Trinajstić information content (AvgIpc) is 1.99. The van der Waals surface area contributed by atoms with Crippen LogP contribution in [-0.4, -0.2) is 5.11 Å². The lowest BCUT2D eigenvalue weighted by Gasteiger charge is -2.02. The van der Waals surface area contributed by atoms with Crippen molar-refractivity contribution in [2.24, 2.45) is 0 Å². The minimum Gasteiger partial charge on any atom is -0.503 e. The third-order valence-electron chi connectivity index (χ3n) is 1.56. The highest BCUT2D eigenvalue weighted by atomic mass is 19.1. The second kappa shape index (κ2) is 2.78. The molecule has 2 nitrogen and oxygen atoms in total. The first-order valence-corrected chi connectivity index (χ1v) is 3.42. The van der Waals surface area contributed by atoms with E-state index in [-0.39, 0.29) is 5.69 Å². The van der Waals surface area contributed by atoms with Gasteiger partial charge in [0.05, 0.1) is 5.69 Å². The number of anilines is 1. The Labute approximate surface area is 64.5 Å². The molecule has 0 aliphatic heterocycles.